The van der Waals surface area contributed by atoms with Gasteiger partial charge in [0.15, 0.2) is 0 Å². The number of hydrogen-bond acceptors (Lipinski definition) is 2. The second-order valence-electron chi connectivity index (χ2n) is 5.06. The summed E-state index contributed by atoms with van der Waals surface area (Å²) in [4.78, 5) is 0. The van der Waals surface area contributed by atoms with Gasteiger partial charge in [0, 0.05) is 17.8 Å². The molecular formula is C16H23N3. The van der Waals surface area contributed by atoms with Crippen LogP contribution in [0.2, 0.25) is 0 Å². The lowest BCUT2D eigenvalue weighted by Crippen LogP contribution is -2.34. The summed E-state index contributed by atoms with van der Waals surface area (Å²) in [6.07, 6.45) is 5.23. The first-order valence-electron chi connectivity index (χ1n) is 7.05. The summed E-state index contributed by atoms with van der Waals surface area (Å²) in [7, 11) is 0. The van der Waals surface area contributed by atoms with Crippen molar-refractivity contribution in [3.63, 3.8) is 0 Å². The van der Waals surface area contributed by atoms with Gasteiger partial charge in [-0.15, -0.1) is 0 Å². The van der Waals surface area contributed by atoms with Crippen LogP contribution in [0.15, 0.2) is 42.7 Å². The van der Waals surface area contributed by atoms with E-state index >= 15 is 0 Å². The van der Waals surface area contributed by atoms with Gasteiger partial charge in [-0.05, 0) is 32.4 Å². The molecule has 3 nitrogen and oxygen atoms in total. The molecule has 2 atom stereocenters. The molecule has 102 valence electrons. The molecule has 0 amide bonds. The Bertz CT molecular complexity index is 490. The van der Waals surface area contributed by atoms with E-state index in [0.29, 0.717) is 12.1 Å². The van der Waals surface area contributed by atoms with Crippen LogP contribution in [0, 0.1) is 0 Å². The maximum Gasteiger partial charge on any atom is 0.0641 e. The first-order chi connectivity index (χ1) is 9.22. The quantitative estimate of drug-likeness (QED) is 0.858. The van der Waals surface area contributed by atoms with Crippen molar-refractivity contribution >= 4 is 0 Å². The van der Waals surface area contributed by atoms with Gasteiger partial charge in [-0.2, -0.15) is 5.10 Å². The Hall–Kier alpha value is -1.61. The summed E-state index contributed by atoms with van der Waals surface area (Å²) in [5.41, 5.74) is 2.39. The summed E-state index contributed by atoms with van der Waals surface area (Å²) in [6.45, 7) is 7.66. The van der Waals surface area contributed by atoms with E-state index in [1.807, 2.05) is 12.3 Å². The zero-order valence-electron chi connectivity index (χ0n) is 12.0. The number of nitrogens with zero attached hydrogens (tertiary/aromatic N) is 2. The summed E-state index contributed by atoms with van der Waals surface area (Å²) in [5.74, 6) is 0. The van der Waals surface area contributed by atoms with Crippen LogP contribution in [-0.4, -0.2) is 22.4 Å². The van der Waals surface area contributed by atoms with Crippen molar-refractivity contribution in [2.75, 3.05) is 6.54 Å². The molecule has 2 rings (SSSR count). The van der Waals surface area contributed by atoms with Crippen molar-refractivity contribution in [3.05, 3.63) is 42.7 Å². The minimum absolute atomic E-state index is 0.351. The Balaban J connectivity index is 2.08. The lowest BCUT2D eigenvalue weighted by molar-refractivity contribution is 0.367. The molecule has 2 unspecified atom stereocenters. The van der Waals surface area contributed by atoms with Gasteiger partial charge in [-0.1, -0.05) is 37.3 Å². The third-order valence-corrected chi connectivity index (χ3v) is 3.57. The summed E-state index contributed by atoms with van der Waals surface area (Å²) in [6, 6.07) is 11.2. The van der Waals surface area contributed by atoms with E-state index in [9.17, 15) is 0 Å². The predicted molar refractivity (Wildman–Crippen MR) is 80.1 cm³/mol. The van der Waals surface area contributed by atoms with Crippen molar-refractivity contribution < 1.29 is 0 Å². The van der Waals surface area contributed by atoms with Crippen LogP contribution in [0.3, 0.4) is 0 Å². The van der Waals surface area contributed by atoms with Crippen LogP contribution in [0.25, 0.3) is 11.1 Å². The Labute approximate surface area is 115 Å². The highest BCUT2D eigenvalue weighted by atomic mass is 15.3. The summed E-state index contributed by atoms with van der Waals surface area (Å²) >= 11 is 0. The van der Waals surface area contributed by atoms with E-state index in [-0.39, 0.29) is 0 Å². The molecule has 0 saturated heterocycles. The molecule has 3 heteroatoms. The Morgan fingerprint density at radius 1 is 1.16 bits per heavy atom. The van der Waals surface area contributed by atoms with Crippen molar-refractivity contribution in [1.82, 2.24) is 15.1 Å². The SMILES string of the molecule is CCCNC(C)C(C)n1cc(-c2ccccc2)cn1. The van der Waals surface area contributed by atoms with Gasteiger partial charge in [0.05, 0.1) is 12.2 Å². The van der Waals surface area contributed by atoms with Crippen LogP contribution in [-0.2, 0) is 0 Å². The molecule has 0 saturated carbocycles. The number of nitrogens with one attached hydrogen (secondary N) is 1. The first kappa shape index (κ1) is 13.8. The molecule has 0 aliphatic rings. The normalized spacial score (nSPS) is 14.3. The van der Waals surface area contributed by atoms with Gasteiger partial charge in [-0.3, -0.25) is 4.68 Å². The molecule has 0 aliphatic heterocycles. The molecule has 0 bridgehead atoms. The van der Waals surface area contributed by atoms with Crippen molar-refractivity contribution in [1.29, 1.82) is 0 Å². The second-order valence-corrected chi connectivity index (χ2v) is 5.06. The van der Waals surface area contributed by atoms with Crippen molar-refractivity contribution in [3.8, 4) is 11.1 Å². The van der Waals surface area contributed by atoms with Gasteiger partial charge in [0.1, 0.15) is 0 Å². The van der Waals surface area contributed by atoms with Crippen LogP contribution in [0.1, 0.15) is 33.2 Å². The Kier molecular flexibility index (Phi) is 4.74. The molecule has 1 N–H and O–H groups in total. The molecule has 19 heavy (non-hydrogen) atoms. The summed E-state index contributed by atoms with van der Waals surface area (Å²) < 4.78 is 2.05. The monoisotopic (exact) mass is 257 g/mol. The highest BCUT2D eigenvalue weighted by Crippen LogP contribution is 2.20. The smallest absolute Gasteiger partial charge is 0.0641 e. The fraction of sp³-hybridized carbons (Fsp3) is 0.438. The zero-order chi connectivity index (χ0) is 13.7. The first-order valence-corrected chi connectivity index (χ1v) is 7.05. The maximum absolute atomic E-state index is 4.50. The lowest BCUT2D eigenvalue weighted by Gasteiger charge is -2.21. The standard InChI is InChI=1S/C16H23N3/c1-4-10-17-13(2)14(3)19-12-16(11-18-19)15-8-6-5-7-9-15/h5-9,11-14,17H,4,10H2,1-3H3. The van der Waals surface area contributed by atoms with Gasteiger partial charge >= 0.3 is 0 Å². The highest BCUT2D eigenvalue weighted by molar-refractivity contribution is 5.61. The van der Waals surface area contributed by atoms with Crippen LogP contribution >= 0.6 is 0 Å². The average molecular weight is 257 g/mol. The molecule has 1 aromatic carbocycles. The van der Waals surface area contributed by atoms with E-state index in [1.54, 1.807) is 0 Å². The van der Waals surface area contributed by atoms with E-state index in [1.165, 1.54) is 11.1 Å². The molecule has 2 aromatic rings. The number of benzene rings is 1. The van der Waals surface area contributed by atoms with E-state index in [2.05, 4.69) is 66.3 Å². The maximum atomic E-state index is 4.50. The second kappa shape index (κ2) is 6.53. The molecule has 1 heterocycles. The van der Waals surface area contributed by atoms with E-state index in [4.69, 9.17) is 0 Å². The zero-order valence-corrected chi connectivity index (χ0v) is 12.0. The largest absolute Gasteiger partial charge is 0.312 e. The number of hydrogen-bond donors (Lipinski definition) is 1. The van der Waals surface area contributed by atoms with Gasteiger partial charge < -0.3 is 5.32 Å². The molecule has 0 spiro atoms. The average Bonchev–Trinajstić information content (AvgIpc) is 2.94. The molecular weight excluding hydrogens is 234 g/mol. The third kappa shape index (κ3) is 3.44. The van der Waals surface area contributed by atoms with Crippen molar-refractivity contribution in [2.45, 2.75) is 39.3 Å². The minimum Gasteiger partial charge on any atom is -0.312 e. The van der Waals surface area contributed by atoms with E-state index in [0.717, 1.165) is 13.0 Å². The Morgan fingerprint density at radius 2 is 1.89 bits per heavy atom. The van der Waals surface area contributed by atoms with E-state index < -0.39 is 0 Å². The van der Waals surface area contributed by atoms with Crippen LogP contribution in [0.4, 0.5) is 0 Å². The van der Waals surface area contributed by atoms with Gasteiger partial charge in [-0.25, -0.2) is 0 Å². The third-order valence-electron chi connectivity index (χ3n) is 3.57. The molecule has 0 fully saturated rings. The lowest BCUT2D eigenvalue weighted by atomic mass is 10.1. The fourth-order valence-corrected chi connectivity index (χ4v) is 2.11. The number of rotatable bonds is 6. The van der Waals surface area contributed by atoms with Gasteiger partial charge in [0.25, 0.3) is 0 Å². The topological polar surface area (TPSA) is 29.9 Å². The molecule has 1 aromatic heterocycles. The minimum atomic E-state index is 0.351. The summed E-state index contributed by atoms with van der Waals surface area (Å²) in [5, 5.41) is 8.02. The van der Waals surface area contributed by atoms with Crippen molar-refractivity contribution in [2.24, 2.45) is 0 Å². The molecule has 0 aliphatic carbocycles. The predicted octanol–water partition coefficient (Wildman–Crippen LogP) is 3.50. The highest BCUT2D eigenvalue weighted by Gasteiger charge is 2.14. The van der Waals surface area contributed by atoms with Gasteiger partial charge in [0.2, 0.25) is 0 Å². The fourth-order valence-electron chi connectivity index (χ4n) is 2.11. The molecule has 0 radical (unpaired) electrons. The Morgan fingerprint density at radius 3 is 2.58 bits per heavy atom. The van der Waals surface area contributed by atoms with Crippen LogP contribution < -0.4 is 5.32 Å². The number of aromatic nitrogens is 2. The van der Waals surface area contributed by atoms with Crippen LogP contribution in [0.5, 0.6) is 0 Å².